The van der Waals surface area contributed by atoms with Crippen molar-refractivity contribution in [3.8, 4) is 0 Å². The van der Waals surface area contributed by atoms with Gasteiger partial charge >= 0.3 is 0 Å². The number of H-pyrrole nitrogens is 1. The average Bonchev–Trinajstić information content (AvgIpc) is 3.11. The van der Waals surface area contributed by atoms with Gasteiger partial charge in [-0.05, 0) is 6.42 Å². The van der Waals surface area contributed by atoms with Gasteiger partial charge in [0, 0.05) is 34.4 Å². The number of ether oxygens (including phenoxy) is 2. The summed E-state index contributed by atoms with van der Waals surface area (Å²) >= 11 is 0. The Bertz CT molecular complexity index is 836. The number of carbonyl (C=O) groups is 1. The summed E-state index contributed by atoms with van der Waals surface area (Å²) in [5, 5.41) is 2.61. The lowest BCUT2D eigenvalue weighted by molar-refractivity contribution is -0.118. The van der Waals surface area contributed by atoms with E-state index in [-0.39, 0.29) is 29.4 Å². The van der Waals surface area contributed by atoms with Gasteiger partial charge in [0.2, 0.25) is 11.9 Å². The maximum absolute atomic E-state index is 12.2. The standard InChI is InChI=1S/C16H26N5O5P.C2H6O/c1-6-11(26-9-27(24-4)25-5)7-21-8-17-12-13(21)18-16(20-15(12)23)19-14(22)10(2)3;1-3-2/h8,10-11H,6-7,9H2,1-5H3,(H2,18,19,20,22,23);1-2H3/t11-;/m1./s1. The largest absolute Gasteiger partial charge is 0.388 e. The van der Waals surface area contributed by atoms with Gasteiger partial charge in [-0.1, -0.05) is 20.8 Å². The van der Waals surface area contributed by atoms with E-state index in [0.29, 0.717) is 18.5 Å². The first-order valence-corrected chi connectivity index (χ1v) is 10.8. The van der Waals surface area contributed by atoms with E-state index in [1.165, 1.54) is 0 Å². The Balaban J connectivity index is 0.00000141. The molecule has 0 aliphatic heterocycles. The lowest BCUT2D eigenvalue weighted by Crippen LogP contribution is -2.23. The maximum atomic E-state index is 12.2. The summed E-state index contributed by atoms with van der Waals surface area (Å²) in [7, 11) is 5.32. The number of rotatable bonds is 10. The van der Waals surface area contributed by atoms with Crippen LogP contribution in [0.25, 0.3) is 11.2 Å². The van der Waals surface area contributed by atoms with Crippen LogP contribution in [0.3, 0.4) is 0 Å². The van der Waals surface area contributed by atoms with Crippen molar-refractivity contribution in [3.63, 3.8) is 0 Å². The van der Waals surface area contributed by atoms with E-state index in [4.69, 9.17) is 13.8 Å². The Morgan fingerprint density at radius 1 is 1.27 bits per heavy atom. The number of hydrogen-bond acceptors (Lipinski definition) is 8. The van der Waals surface area contributed by atoms with Crippen LogP contribution in [0, 0.1) is 5.92 Å². The monoisotopic (exact) mass is 445 g/mol. The Morgan fingerprint density at radius 2 is 1.90 bits per heavy atom. The predicted molar refractivity (Wildman–Crippen MR) is 116 cm³/mol. The van der Waals surface area contributed by atoms with Crippen LogP contribution in [0.4, 0.5) is 5.95 Å². The molecule has 0 saturated carbocycles. The third kappa shape index (κ3) is 7.73. The van der Waals surface area contributed by atoms with Crippen LogP contribution in [0.5, 0.6) is 0 Å². The number of anilines is 1. The zero-order chi connectivity index (χ0) is 22.7. The number of carbonyl (C=O) groups excluding carboxylic acids is 1. The molecule has 0 aromatic carbocycles. The van der Waals surface area contributed by atoms with Gasteiger partial charge in [-0.3, -0.25) is 19.9 Å². The van der Waals surface area contributed by atoms with E-state index in [1.54, 1.807) is 53.2 Å². The van der Waals surface area contributed by atoms with Crippen LogP contribution in [-0.2, 0) is 29.9 Å². The predicted octanol–water partition coefficient (Wildman–Crippen LogP) is 2.33. The van der Waals surface area contributed by atoms with Crippen molar-refractivity contribution in [2.24, 2.45) is 5.92 Å². The fourth-order valence-electron chi connectivity index (χ4n) is 2.27. The third-order valence-electron chi connectivity index (χ3n) is 3.92. The highest BCUT2D eigenvalue weighted by Gasteiger charge is 2.17. The van der Waals surface area contributed by atoms with Crippen molar-refractivity contribution < 1.29 is 23.3 Å². The SMILES string of the molecule is CC[C@H](Cn1cnc2c(=O)[nH]c(NC(=O)C(C)C)nc21)OCP(OC)OC.COC. The molecule has 170 valence electrons. The van der Waals surface area contributed by atoms with Gasteiger partial charge in [-0.25, -0.2) is 4.98 Å². The van der Waals surface area contributed by atoms with Crippen molar-refractivity contribution in [1.29, 1.82) is 0 Å². The molecule has 1 amide bonds. The zero-order valence-electron chi connectivity index (χ0n) is 18.6. The molecule has 0 spiro atoms. The zero-order valence-corrected chi connectivity index (χ0v) is 19.5. The molecule has 0 saturated heterocycles. The van der Waals surface area contributed by atoms with E-state index in [2.05, 4.69) is 25.0 Å². The first-order chi connectivity index (χ1) is 14.3. The molecule has 2 aromatic rings. The summed E-state index contributed by atoms with van der Waals surface area (Å²) < 4.78 is 22.2. The highest BCUT2D eigenvalue weighted by molar-refractivity contribution is 7.46. The molecule has 12 heteroatoms. The van der Waals surface area contributed by atoms with Gasteiger partial charge in [-0.15, -0.1) is 0 Å². The smallest absolute Gasteiger partial charge is 0.280 e. The molecule has 0 fully saturated rings. The number of hydrogen-bond donors (Lipinski definition) is 2. The quantitative estimate of drug-likeness (QED) is 0.533. The van der Waals surface area contributed by atoms with E-state index in [9.17, 15) is 9.59 Å². The van der Waals surface area contributed by atoms with Crippen molar-refractivity contribution in [2.75, 3.05) is 40.1 Å². The van der Waals surface area contributed by atoms with Crippen molar-refractivity contribution in [1.82, 2.24) is 19.5 Å². The van der Waals surface area contributed by atoms with Crippen LogP contribution in [-0.4, -0.2) is 66.3 Å². The van der Waals surface area contributed by atoms with E-state index in [1.807, 2.05) is 6.92 Å². The molecule has 0 unspecified atom stereocenters. The minimum atomic E-state index is -1.08. The molecule has 0 aliphatic carbocycles. The molecule has 1 atom stereocenters. The van der Waals surface area contributed by atoms with Crippen molar-refractivity contribution >= 4 is 31.4 Å². The number of imidazole rings is 1. The summed E-state index contributed by atoms with van der Waals surface area (Å²) in [6, 6.07) is 0. The average molecular weight is 445 g/mol. The van der Waals surface area contributed by atoms with Gasteiger partial charge in [-0.2, -0.15) is 4.98 Å². The van der Waals surface area contributed by atoms with E-state index >= 15 is 0 Å². The second-order valence-corrected chi connectivity index (χ2v) is 8.21. The molecule has 2 heterocycles. The topological polar surface area (TPSA) is 130 Å². The lowest BCUT2D eigenvalue weighted by Gasteiger charge is -2.19. The number of amides is 1. The van der Waals surface area contributed by atoms with Gasteiger partial charge in [0.05, 0.1) is 19.0 Å². The normalized spacial score (nSPS) is 12.2. The second kappa shape index (κ2) is 13.4. The Hall–Kier alpha value is -1.91. The van der Waals surface area contributed by atoms with Crippen LogP contribution in [0.2, 0.25) is 0 Å². The van der Waals surface area contributed by atoms with Crippen molar-refractivity contribution in [3.05, 3.63) is 16.7 Å². The Morgan fingerprint density at radius 3 is 2.43 bits per heavy atom. The molecule has 0 aliphatic rings. The van der Waals surface area contributed by atoms with Crippen LogP contribution >= 0.6 is 8.38 Å². The summed E-state index contributed by atoms with van der Waals surface area (Å²) in [4.78, 5) is 35.1. The number of nitrogens with zero attached hydrogens (tertiary/aromatic N) is 3. The summed E-state index contributed by atoms with van der Waals surface area (Å²) in [5.74, 6) is -0.361. The number of methoxy groups -OCH3 is 1. The van der Waals surface area contributed by atoms with Gasteiger partial charge in [0.1, 0.15) is 6.35 Å². The summed E-state index contributed by atoms with van der Waals surface area (Å²) in [6.45, 7) is 5.97. The van der Waals surface area contributed by atoms with Crippen LogP contribution in [0.1, 0.15) is 27.2 Å². The maximum Gasteiger partial charge on any atom is 0.280 e. The highest BCUT2D eigenvalue weighted by Crippen LogP contribution is 2.36. The number of aromatic nitrogens is 4. The second-order valence-electron chi connectivity index (χ2n) is 6.56. The first kappa shape index (κ1) is 26.1. The number of fused-ring (bicyclic) bond motifs is 1. The third-order valence-corrected chi connectivity index (χ3v) is 5.09. The van der Waals surface area contributed by atoms with Crippen molar-refractivity contribution in [2.45, 2.75) is 39.8 Å². The molecular weight excluding hydrogens is 413 g/mol. The fourth-order valence-corrected chi connectivity index (χ4v) is 2.97. The Labute approximate surface area is 177 Å². The van der Waals surface area contributed by atoms with Gasteiger partial charge in [0.15, 0.2) is 19.5 Å². The van der Waals surface area contributed by atoms with E-state index in [0.717, 1.165) is 6.42 Å². The molecular formula is C18H32N5O6P. The molecule has 2 aromatic heterocycles. The Kier molecular flexibility index (Phi) is 11.7. The minimum absolute atomic E-state index is 0.101. The molecule has 0 bridgehead atoms. The number of nitrogens with one attached hydrogen (secondary N) is 2. The van der Waals surface area contributed by atoms with Crippen LogP contribution in [0.15, 0.2) is 11.1 Å². The summed E-state index contributed by atoms with van der Waals surface area (Å²) in [6.07, 6.45) is 2.50. The minimum Gasteiger partial charge on any atom is -0.388 e. The fraction of sp³-hybridized carbons (Fsp3) is 0.667. The first-order valence-electron chi connectivity index (χ1n) is 9.44. The molecule has 2 N–H and O–H groups in total. The molecule has 30 heavy (non-hydrogen) atoms. The number of aromatic amines is 1. The lowest BCUT2D eigenvalue weighted by atomic mass is 10.2. The highest BCUT2D eigenvalue weighted by atomic mass is 31.2. The van der Waals surface area contributed by atoms with Gasteiger partial charge in [0.25, 0.3) is 5.56 Å². The molecule has 11 nitrogen and oxygen atoms in total. The van der Waals surface area contributed by atoms with E-state index < -0.39 is 13.9 Å². The van der Waals surface area contributed by atoms with Crippen LogP contribution < -0.4 is 10.9 Å². The molecule has 2 rings (SSSR count). The molecule has 0 radical (unpaired) electrons. The van der Waals surface area contributed by atoms with Gasteiger partial charge < -0.3 is 23.1 Å². The summed E-state index contributed by atoms with van der Waals surface area (Å²) in [5.41, 5.74) is 0.193.